The quantitative estimate of drug-likeness (QED) is 0.209. The molecule has 0 bridgehead atoms. The Kier molecular flexibility index (Phi) is 7.89. The van der Waals surface area contributed by atoms with Gasteiger partial charge in [0, 0.05) is 0 Å². The number of ketones is 1. The van der Waals surface area contributed by atoms with Gasteiger partial charge in [0.1, 0.15) is 49.3 Å². The first-order chi connectivity index (χ1) is 10.7. The van der Waals surface area contributed by atoms with Crippen LogP contribution in [0.5, 0.6) is 0 Å². The van der Waals surface area contributed by atoms with Crippen molar-refractivity contribution in [2.75, 3.05) is 19.8 Å². The lowest BCUT2D eigenvalue weighted by Gasteiger charge is -2.39. The summed E-state index contributed by atoms with van der Waals surface area (Å²) in [5.74, 6) is -1.08. The van der Waals surface area contributed by atoms with Crippen LogP contribution >= 0.6 is 0 Å². The van der Waals surface area contributed by atoms with Crippen LogP contribution in [0.4, 0.5) is 0 Å². The van der Waals surface area contributed by atoms with Crippen LogP contribution in [0.15, 0.2) is 0 Å². The van der Waals surface area contributed by atoms with Gasteiger partial charge >= 0.3 is 0 Å². The maximum atomic E-state index is 11.6. The summed E-state index contributed by atoms with van der Waals surface area (Å²) in [6, 6.07) is 0. The second kappa shape index (κ2) is 8.94. The molecule has 1 aliphatic heterocycles. The fourth-order valence-corrected chi connectivity index (χ4v) is 1.96. The summed E-state index contributed by atoms with van der Waals surface area (Å²) in [7, 11) is 0. The molecule has 1 heterocycles. The van der Waals surface area contributed by atoms with Crippen molar-refractivity contribution in [2.24, 2.45) is 0 Å². The lowest BCUT2D eigenvalue weighted by Crippen LogP contribution is -2.59. The fourth-order valence-electron chi connectivity index (χ4n) is 1.96. The molecule has 0 aromatic rings. The topological polar surface area (TPSA) is 197 Å². The molecule has 0 spiro atoms. The summed E-state index contributed by atoms with van der Waals surface area (Å²) < 4.78 is 9.85. The fraction of sp³-hybridized carbons (Fsp3) is 0.917. The van der Waals surface area contributed by atoms with E-state index in [0.717, 1.165) is 0 Å². The minimum absolute atomic E-state index is 0.678. The third kappa shape index (κ3) is 4.87. The van der Waals surface area contributed by atoms with Gasteiger partial charge in [0.25, 0.3) is 0 Å². The van der Waals surface area contributed by atoms with Crippen molar-refractivity contribution in [3.8, 4) is 0 Å². The molecular weight excluding hydrogens is 320 g/mol. The van der Waals surface area contributed by atoms with Gasteiger partial charge in [-0.3, -0.25) is 4.79 Å². The first kappa shape index (κ1) is 20.3. The van der Waals surface area contributed by atoms with Crippen LogP contribution in [0, 0.1) is 0 Å². The summed E-state index contributed by atoms with van der Waals surface area (Å²) in [4.78, 5) is 11.6. The summed E-state index contributed by atoms with van der Waals surface area (Å²) >= 11 is 0. The van der Waals surface area contributed by atoms with Gasteiger partial charge in [-0.2, -0.15) is 0 Å². The molecular formula is C12H22O11. The predicted molar refractivity (Wildman–Crippen MR) is 69.8 cm³/mol. The second-order valence-corrected chi connectivity index (χ2v) is 5.16. The molecule has 11 nitrogen and oxygen atoms in total. The van der Waals surface area contributed by atoms with E-state index in [1.54, 1.807) is 0 Å². The number of hydrogen-bond acceptors (Lipinski definition) is 11. The molecule has 0 radical (unpaired) electrons. The van der Waals surface area contributed by atoms with Gasteiger partial charge in [-0.05, 0) is 0 Å². The van der Waals surface area contributed by atoms with Crippen LogP contribution < -0.4 is 0 Å². The number of rotatable bonds is 8. The molecule has 0 saturated carbocycles. The Morgan fingerprint density at radius 3 is 2.17 bits per heavy atom. The first-order valence-corrected chi connectivity index (χ1v) is 6.84. The summed E-state index contributed by atoms with van der Waals surface area (Å²) in [5.41, 5.74) is 0. The SMILES string of the molecule is O=C(CO[C@H]1O[C@H](CO)[C@H](O)[C@H](O)[C@H]1O)C(O)C(O)C(O)CO. The Morgan fingerprint density at radius 2 is 1.65 bits per heavy atom. The average molecular weight is 342 g/mol. The molecule has 0 amide bonds. The van der Waals surface area contributed by atoms with Gasteiger partial charge in [0.15, 0.2) is 12.1 Å². The van der Waals surface area contributed by atoms with Gasteiger partial charge < -0.3 is 50.3 Å². The van der Waals surface area contributed by atoms with Crippen LogP contribution in [0.1, 0.15) is 0 Å². The molecule has 0 aromatic heterocycles. The zero-order valence-electron chi connectivity index (χ0n) is 12.0. The average Bonchev–Trinajstić information content (AvgIpc) is 2.56. The van der Waals surface area contributed by atoms with Gasteiger partial charge in [0.05, 0.1) is 13.2 Å². The van der Waals surface area contributed by atoms with Crippen LogP contribution in [0.2, 0.25) is 0 Å². The lowest BCUT2D eigenvalue weighted by atomic mass is 9.99. The van der Waals surface area contributed by atoms with Gasteiger partial charge in [-0.1, -0.05) is 0 Å². The van der Waals surface area contributed by atoms with Gasteiger partial charge in [0.2, 0.25) is 0 Å². The minimum Gasteiger partial charge on any atom is -0.394 e. The summed E-state index contributed by atoms with van der Waals surface area (Å²) in [5, 5.41) is 74.4. The summed E-state index contributed by atoms with van der Waals surface area (Å²) in [6.45, 7) is -2.42. The van der Waals surface area contributed by atoms with Crippen molar-refractivity contribution in [3.63, 3.8) is 0 Å². The highest BCUT2D eigenvalue weighted by Gasteiger charge is 2.44. The zero-order valence-corrected chi connectivity index (χ0v) is 12.0. The number of ether oxygens (including phenoxy) is 2. The molecule has 1 saturated heterocycles. The number of hydrogen-bond donors (Lipinski definition) is 8. The van der Waals surface area contributed by atoms with Crippen molar-refractivity contribution < 1.29 is 55.1 Å². The molecule has 11 heteroatoms. The van der Waals surface area contributed by atoms with Crippen LogP contribution in [0.3, 0.4) is 0 Å². The van der Waals surface area contributed by atoms with Crippen LogP contribution in [-0.2, 0) is 14.3 Å². The first-order valence-electron chi connectivity index (χ1n) is 6.84. The Balaban J connectivity index is 2.57. The molecule has 3 unspecified atom stereocenters. The Morgan fingerprint density at radius 1 is 1.04 bits per heavy atom. The van der Waals surface area contributed by atoms with E-state index in [2.05, 4.69) is 0 Å². The van der Waals surface area contributed by atoms with Gasteiger partial charge in [-0.25, -0.2) is 0 Å². The maximum absolute atomic E-state index is 11.6. The molecule has 1 aliphatic rings. The molecule has 0 aliphatic carbocycles. The van der Waals surface area contributed by atoms with Crippen molar-refractivity contribution >= 4 is 5.78 Å². The van der Waals surface area contributed by atoms with Crippen molar-refractivity contribution in [1.29, 1.82) is 0 Å². The van der Waals surface area contributed by atoms with Crippen molar-refractivity contribution in [1.82, 2.24) is 0 Å². The number of carbonyl (C=O) groups excluding carboxylic acids is 1. The smallest absolute Gasteiger partial charge is 0.189 e. The standard InChI is InChI=1S/C12H22O11/c13-1-4(15)7(17)8(18)5(16)3-22-12-11(21)10(20)9(19)6(2-14)23-12/h4,6-15,17-21H,1-3H2/t4?,6-,7?,8?,9+,10+,11-,12+/m1/s1. The van der Waals surface area contributed by atoms with E-state index >= 15 is 0 Å². The maximum Gasteiger partial charge on any atom is 0.189 e. The van der Waals surface area contributed by atoms with Crippen molar-refractivity contribution in [2.45, 2.75) is 49.0 Å². The molecule has 8 atom stereocenters. The number of aliphatic hydroxyl groups excluding tert-OH is 8. The highest BCUT2D eigenvalue weighted by Crippen LogP contribution is 2.22. The van der Waals surface area contributed by atoms with Crippen LogP contribution in [-0.4, -0.2) is 115 Å². The van der Waals surface area contributed by atoms with E-state index in [-0.39, 0.29) is 0 Å². The zero-order chi connectivity index (χ0) is 17.7. The minimum atomic E-state index is -2.05. The molecule has 23 heavy (non-hydrogen) atoms. The highest BCUT2D eigenvalue weighted by atomic mass is 16.7. The largest absolute Gasteiger partial charge is 0.394 e. The predicted octanol–water partition coefficient (Wildman–Crippen LogP) is -5.55. The molecule has 136 valence electrons. The number of aliphatic hydroxyl groups is 8. The highest BCUT2D eigenvalue weighted by molar-refractivity contribution is 5.84. The van der Waals surface area contributed by atoms with E-state index in [4.69, 9.17) is 24.8 Å². The second-order valence-electron chi connectivity index (χ2n) is 5.16. The van der Waals surface area contributed by atoms with E-state index in [0.29, 0.717) is 0 Å². The Labute approximate surface area is 130 Å². The third-order valence-electron chi connectivity index (χ3n) is 3.47. The Bertz CT molecular complexity index is 376. The number of carbonyl (C=O) groups is 1. The molecule has 0 aromatic carbocycles. The summed E-state index contributed by atoms with van der Waals surface area (Å²) in [6.07, 6.45) is -13.5. The van der Waals surface area contributed by atoms with Crippen LogP contribution in [0.25, 0.3) is 0 Å². The molecule has 1 fully saturated rings. The molecule has 8 N–H and O–H groups in total. The van der Waals surface area contributed by atoms with Gasteiger partial charge in [-0.15, -0.1) is 0 Å². The van der Waals surface area contributed by atoms with Crippen molar-refractivity contribution in [3.05, 3.63) is 0 Å². The van der Waals surface area contributed by atoms with E-state index < -0.39 is 74.6 Å². The monoisotopic (exact) mass is 342 g/mol. The lowest BCUT2D eigenvalue weighted by molar-refractivity contribution is -0.299. The van der Waals surface area contributed by atoms with E-state index in [1.807, 2.05) is 0 Å². The Hall–Kier alpha value is -0.730. The van der Waals surface area contributed by atoms with E-state index in [9.17, 15) is 30.3 Å². The third-order valence-corrected chi connectivity index (χ3v) is 3.47. The molecule has 1 rings (SSSR count). The van der Waals surface area contributed by atoms with E-state index in [1.165, 1.54) is 0 Å². The number of Topliss-reactive ketones (excluding diaryl/α,β-unsaturated/α-hetero) is 1. The normalized spacial score (nSPS) is 35.6.